The number of amidine groups is 1. The van der Waals surface area contributed by atoms with Crippen molar-refractivity contribution in [3.63, 3.8) is 0 Å². The van der Waals surface area contributed by atoms with Gasteiger partial charge in [0.1, 0.15) is 5.75 Å². The monoisotopic (exact) mass is 368 g/mol. The SMILES string of the molecule is CCN=C1S/C(=C/c2cc(Br)ccc2OC)C(=O)N1CC. The largest absolute Gasteiger partial charge is 0.496 e. The molecule has 1 fully saturated rings. The van der Waals surface area contributed by atoms with Gasteiger partial charge >= 0.3 is 0 Å². The molecule has 0 bridgehead atoms. The summed E-state index contributed by atoms with van der Waals surface area (Å²) in [5, 5.41) is 0.769. The Morgan fingerprint density at radius 3 is 2.81 bits per heavy atom. The molecule has 0 atom stereocenters. The summed E-state index contributed by atoms with van der Waals surface area (Å²) in [6, 6.07) is 5.72. The Labute approximate surface area is 137 Å². The Morgan fingerprint density at radius 1 is 1.43 bits per heavy atom. The Balaban J connectivity index is 2.40. The average Bonchev–Trinajstić information content (AvgIpc) is 2.75. The number of methoxy groups -OCH3 is 1. The quantitative estimate of drug-likeness (QED) is 0.759. The fourth-order valence-corrected chi connectivity index (χ4v) is 3.47. The number of nitrogens with zero attached hydrogens (tertiary/aromatic N) is 2. The second kappa shape index (κ2) is 7.13. The molecule has 1 aromatic carbocycles. The molecule has 1 aliphatic heterocycles. The molecule has 0 N–H and O–H groups in total. The summed E-state index contributed by atoms with van der Waals surface area (Å²) in [5.41, 5.74) is 0.872. The smallest absolute Gasteiger partial charge is 0.266 e. The normalized spacial score (nSPS) is 18.9. The van der Waals surface area contributed by atoms with E-state index in [9.17, 15) is 4.79 Å². The van der Waals surface area contributed by atoms with E-state index in [-0.39, 0.29) is 5.91 Å². The third-order valence-corrected chi connectivity index (χ3v) is 4.51. The van der Waals surface area contributed by atoms with Gasteiger partial charge in [-0.3, -0.25) is 14.7 Å². The lowest BCUT2D eigenvalue weighted by molar-refractivity contribution is -0.122. The lowest BCUT2D eigenvalue weighted by atomic mass is 10.2. The zero-order valence-corrected chi connectivity index (χ0v) is 14.6. The molecular formula is C15H17BrN2O2S. The van der Waals surface area contributed by atoms with Crippen LogP contribution in [-0.4, -0.2) is 36.2 Å². The van der Waals surface area contributed by atoms with Gasteiger partial charge in [0.05, 0.1) is 12.0 Å². The third kappa shape index (κ3) is 3.49. The molecule has 0 saturated carbocycles. The molecule has 0 unspecified atom stereocenters. The van der Waals surface area contributed by atoms with Crippen LogP contribution in [0.25, 0.3) is 6.08 Å². The molecular weight excluding hydrogens is 352 g/mol. The molecule has 1 heterocycles. The molecule has 1 amide bonds. The molecule has 0 aliphatic carbocycles. The molecule has 6 heteroatoms. The number of amides is 1. The van der Waals surface area contributed by atoms with Crippen molar-refractivity contribution in [3.05, 3.63) is 33.1 Å². The van der Waals surface area contributed by atoms with Gasteiger partial charge in [-0.05, 0) is 49.9 Å². The summed E-state index contributed by atoms with van der Waals surface area (Å²) in [6.07, 6.45) is 1.86. The molecule has 0 aromatic heterocycles. The van der Waals surface area contributed by atoms with Crippen molar-refractivity contribution < 1.29 is 9.53 Å². The van der Waals surface area contributed by atoms with E-state index in [1.807, 2.05) is 38.1 Å². The predicted molar refractivity (Wildman–Crippen MR) is 91.6 cm³/mol. The standard InChI is InChI=1S/C15H17BrN2O2S/c1-4-17-15-18(5-2)14(19)13(21-15)9-10-8-11(16)6-7-12(10)20-3/h6-9H,4-5H2,1-3H3/b13-9+,17-15?. The predicted octanol–water partition coefficient (Wildman–Crippen LogP) is 3.77. The van der Waals surface area contributed by atoms with E-state index in [1.165, 1.54) is 11.8 Å². The van der Waals surface area contributed by atoms with Crippen LogP contribution in [0.1, 0.15) is 19.4 Å². The molecule has 21 heavy (non-hydrogen) atoms. The highest BCUT2D eigenvalue weighted by atomic mass is 79.9. The summed E-state index contributed by atoms with van der Waals surface area (Å²) in [6.45, 7) is 5.20. The minimum atomic E-state index is -0.00303. The minimum Gasteiger partial charge on any atom is -0.496 e. The third-order valence-electron chi connectivity index (χ3n) is 2.98. The van der Waals surface area contributed by atoms with E-state index >= 15 is 0 Å². The lowest BCUT2D eigenvalue weighted by Crippen LogP contribution is -2.28. The number of benzene rings is 1. The van der Waals surface area contributed by atoms with Crippen molar-refractivity contribution in [2.24, 2.45) is 4.99 Å². The number of aliphatic imine (C=N–C) groups is 1. The number of carbonyl (C=O) groups is 1. The Morgan fingerprint density at radius 2 is 2.19 bits per heavy atom. The van der Waals surface area contributed by atoms with Crippen LogP contribution in [0.5, 0.6) is 5.75 Å². The fourth-order valence-electron chi connectivity index (χ4n) is 2.00. The molecule has 0 spiro atoms. The van der Waals surface area contributed by atoms with Crippen molar-refractivity contribution in [2.75, 3.05) is 20.2 Å². The van der Waals surface area contributed by atoms with Crippen LogP contribution in [0, 0.1) is 0 Å². The maximum absolute atomic E-state index is 12.4. The highest BCUT2D eigenvalue weighted by Gasteiger charge is 2.31. The van der Waals surface area contributed by atoms with Crippen molar-refractivity contribution in [3.8, 4) is 5.75 Å². The summed E-state index contributed by atoms with van der Waals surface area (Å²) < 4.78 is 6.29. The Kier molecular flexibility index (Phi) is 5.47. The van der Waals surface area contributed by atoms with E-state index in [1.54, 1.807) is 12.0 Å². The highest BCUT2D eigenvalue weighted by Crippen LogP contribution is 2.34. The number of hydrogen-bond donors (Lipinski definition) is 0. The minimum absolute atomic E-state index is 0.00303. The first-order valence-corrected chi connectivity index (χ1v) is 8.31. The van der Waals surface area contributed by atoms with Crippen LogP contribution >= 0.6 is 27.7 Å². The first-order chi connectivity index (χ1) is 10.1. The Bertz CT molecular complexity index is 614. The first kappa shape index (κ1) is 16.1. The summed E-state index contributed by atoms with van der Waals surface area (Å²) in [7, 11) is 1.62. The van der Waals surface area contributed by atoms with Crippen LogP contribution in [0.3, 0.4) is 0 Å². The number of likely N-dealkylation sites (N-methyl/N-ethyl adjacent to an activating group) is 1. The van der Waals surface area contributed by atoms with Crippen LogP contribution in [0.2, 0.25) is 0 Å². The van der Waals surface area contributed by atoms with E-state index in [4.69, 9.17) is 4.74 Å². The number of carbonyl (C=O) groups excluding carboxylic acids is 1. The number of thioether (sulfide) groups is 1. The van der Waals surface area contributed by atoms with Gasteiger partial charge in [0.15, 0.2) is 5.17 Å². The molecule has 1 aromatic rings. The second-order valence-electron chi connectivity index (χ2n) is 4.30. The molecule has 1 saturated heterocycles. The van der Waals surface area contributed by atoms with Gasteiger partial charge < -0.3 is 4.74 Å². The van der Waals surface area contributed by atoms with Crippen LogP contribution in [-0.2, 0) is 4.79 Å². The van der Waals surface area contributed by atoms with Gasteiger partial charge in [-0.25, -0.2) is 0 Å². The molecule has 112 valence electrons. The van der Waals surface area contributed by atoms with Gasteiger partial charge in [0, 0.05) is 23.1 Å². The molecule has 2 rings (SSSR count). The van der Waals surface area contributed by atoms with Crippen molar-refractivity contribution in [2.45, 2.75) is 13.8 Å². The first-order valence-electron chi connectivity index (χ1n) is 6.70. The maximum Gasteiger partial charge on any atom is 0.266 e. The zero-order chi connectivity index (χ0) is 15.4. The topological polar surface area (TPSA) is 41.9 Å². The number of rotatable bonds is 4. The lowest BCUT2D eigenvalue weighted by Gasteiger charge is -2.11. The average molecular weight is 369 g/mol. The highest BCUT2D eigenvalue weighted by molar-refractivity contribution is 9.10. The summed E-state index contributed by atoms with van der Waals surface area (Å²) >= 11 is 4.85. The number of ether oxygens (including phenoxy) is 1. The maximum atomic E-state index is 12.4. The molecule has 0 radical (unpaired) electrons. The van der Waals surface area contributed by atoms with Crippen LogP contribution < -0.4 is 4.74 Å². The number of halogens is 1. The van der Waals surface area contributed by atoms with Crippen molar-refractivity contribution in [1.82, 2.24) is 4.90 Å². The summed E-state index contributed by atoms with van der Waals surface area (Å²) in [4.78, 5) is 19.2. The van der Waals surface area contributed by atoms with E-state index < -0.39 is 0 Å². The molecule has 1 aliphatic rings. The second-order valence-corrected chi connectivity index (χ2v) is 6.23. The van der Waals surface area contributed by atoms with Gasteiger partial charge in [0.2, 0.25) is 0 Å². The zero-order valence-electron chi connectivity index (χ0n) is 12.2. The van der Waals surface area contributed by atoms with E-state index in [2.05, 4.69) is 20.9 Å². The van der Waals surface area contributed by atoms with Gasteiger partial charge in [-0.2, -0.15) is 0 Å². The molecule has 4 nitrogen and oxygen atoms in total. The fraction of sp³-hybridized carbons (Fsp3) is 0.333. The van der Waals surface area contributed by atoms with E-state index in [0.29, 0.717) is 18.0 Å². The van der Waals surface area contributed by atoms with Gasteiger partial charge in [-0.15, -0.1) is 0 Å². The number of hydrogen-bond acceptors (Lipinski definition) is 4. The van der Waals surface area contributed by atoms with Crippen LogP contribution in [0.15, 0.2) is 32.6 Å². The van der Waals surface area contributed by atoms with Gasteiger partial charge in [0.25, 0.3) is 5.91 Å². The Hall–Kier alpha value is -1.27. The van der Waals surface area contributed by atoms with Crippen molar-refractivity contribution in [1.29, 1.82) is 0 Å². The van der Waals surface area contributed by atoms with Crippen molar-refractivity contribution >= 4 is 44.8 Å². The van der Waals surface area contributed by atoms with Crippen LogP contribution in [0.4, 0.5) is 0 Å². The van der Waals surface area contributed by atoms with E-state index in [0.717, 1.165) is 21.0 Å². The van der Waals surface area contributed by atoms with Gasteiger partial charge in [-0.1, -0.05) is 15.9 Å². The summed E-state index contributed by atoms with van der Waals surface area (Å²) in [5.74, 6) is 0.736.